The van der Waals surface area contributed by atoms with Gasteiger partial charge < -0.3 is 15.5 Å². The van der Waals surface area contributed by atoms with Crippen LogP contribution in [0, 0.1) is 11.8 Å². The Morgan fingerprint density at radius 3 is 2.18 bits per heavy atom. The predicted molar refractivity (Wildman–Crippen MR) is 87.1 cm³/mol. The summed E-state index contributed by atoms with van der Waals surface area (Å²) < 4.78 is 0. The van der Waals surface area contributed by atoms with Gasteiger partial charge in [0, 0.05) is 38.0 Å². The van der Waals surface area contributed by atoms with E-state index in [2.05, 4.69) is 18.7 Å². The Labute approximate surface area is 134 Å². The maximum atomic E-state index is 13.0. The van der Waals surface area contributed by atoms with Gasteiger partial charge in [0.15, 0.2) is 0 Å². The largest absolute Gasteiger partial charge is 0.336 e. The standard InChI is InChI=1S/C17H31N3O2/c1-4-14-11-20(15(5-2)10-19(14)12(3)21)17(22)16-8-6-7-13(16)9-18/h13-16H,4-11,18H2,1-3H3/t13-,14?,15?,16-/m1/s1. The molecule has 2 N–H and O–H groups in total. The summed E-state index contributed by atoms with van der Waals surface area (Å²) in [5, 5.41) is 0. The molecule has 1 heterocycles. The number of nitrogens with two attached hydrogens (primary N) is 1. The zero-order valence-corrected chi connectivity index (χ0v) is 14.3. The molecule has 1 aliphatic heterocycles. The average molecular weight is 309 g/mol. The molecule has 0 spiro atoms. The molecule has 0 radical (unpaired) electrons. The van der Waals surface area contributed by atoms with Crippen LogP contribution < -0.4 is 5.73 Å². The molecule has 4 atom stereocenters. The van der Waals surface area contributed by atoms with Gasteiger partial charge in [-0.1, -0.05) is 20.3 Å². The molecule has 22 heavy (non-hydrogen) atoms. The minimum atomic E-state index is 0.0976. The summed E-state index contributed by atoms with van der Waals surface area (Å²) in [5.41, 5.74) is 5.85. The maximum absolute atomic E-state index is 13.0. The van der Waals surface area contributed by atoms with Crippen LogP contribution in [0.5, 0.6) is 0 Å². The second-order valence-electron chi connectivity index (χ2n) is 6.82. The van der Waals surface area contributed by atoms with Gasteiger partial charge in [-0.15, -0.1) is 0 Å². The predicted octanol–water partition coefficient (Wildman–Crippen LogP) is 1.61. The fourth-order valence-electron chi connectivity index (χ4n) is 4.16. The van der Waals surface area contributed by atoms with E-state index in [1.165, 1.54) is 0 Å². The van der Waals surface area contributed by atoms with Gasteiger partial charge in [-0.3, -0.25) is 9.59 Å². The average Bonchev–Trinajstić information content (AvgIpc) is 3.01. The highest BCUT2D eigenvalue weighted by atomic mass is 16.2. The van der Waals surface area contributed by atoms with E-state index in [-0.39, 0.29) is 29.8 Å². The maximum Gasteiger partial charge on any atom is 0.226 e. The van der Waals surface area contributed by atoms with Gasteiger partial charge in [-0.05, 0) is 38.1 Å². The number of hydrogen-bond acceptors (Lipinski definition) is 3. The number of amides is 2. The highest BCUT2D eigenvalue weighted by molar-refractivity contribution is 5.81. The monoisotopic (exact) mass is 309 g/mol. The number of piperazine rings is 1. The van der Waals surface area contributed by atoms with Crippen molar-refractivity contribution in [3.8, 4) is 0 Å². The molecule has 2 unspecified atom stereocenters. The number of hydrogen-bond donors (Lipinski definition) is 1. The lowest BCUT2D eigenvalue weighted by Gasteiger charge is -2.47. The third-order valence-corrected chi connectivity index (χ3v) is 5.61. The first-order valence-corrected chi connectivity index (χ1v) is 8.81. The van der Waals surface area contributed by atoms with E-state index in [0.29, 0.717) is 25.6 Å². The molecule has 2 fully saturated rings. The smallest absolute Gasteiger partial charge is 0.226 e. The van der Waals surface area contributed by atoms with E-state index in [0.717, 1.165) is 32.1 Å². The number of rotatable bonds is 4. The normalized spacial score (nSPS) is 32.4. The van der Waals surface area contributed by atoms with Crippen LogP contribution in [0.25, 0.3) is 0 Å². The van der Waals surface area contributed by atoms with E-state index in [4.69, 9.17) is 5.73 Å². The van der Waals surface area contributed by atoms with Crippen molar-refractivity contribution >= 4 is 11.8 Å². The third kappa shape index (κ3) is 3.29. The van der Waals surface area contributed by atoms with Crippen molar-refractivity contribution in [1.29, 1.82) is 0 Å². The topological polar surface area (TPSA) is 66.6 Å². The number of carbonyl (C=O) groups is 2. The first kappa shape index (κ1) is 17.3. The second kappa shape index (κ2) is 7.44. The van der Waals surface area contributed by atoms with E-state index in [1.807, 2.05) is 4.90 Å². The summed E-state index contributed by atoms with van der Waals surface area (Å²) >= 11 is 0. The summed E-state index contributed by atoms with van der Waals surface area (Å²) in [6, 6.07) is 0.306. The van der Waals surface area contributed by atoms with E-state index < -0.39 is 0 Å². The Balaban J connectivity index is 2.14. The summed E-state index contributed by atoms with van der Waals surface area (Å²) in [7, 11) is 0. The minimum absolute atomic E-state index is 0.0976. The fourth-order valence-corrected chi connectivity index (χ4v) is 4.16. The zero-order valence-electron chi connectivity index (χ0n) is 14.3. The molecule has 5 nitrogen and oxygen atoms in total. The van der Waals surface area contributed by atoms with Crippen molar-refractivity contribution in [3.05, 3.63) is 0 Å². The SMILES string of the molecule is CCC1CN(C(=O)[C@@H]2CCC[C@@H]2CN)C(CC)CN1C(C)=O. The lowest BCUT2D eigenvalue weighted by atomic mass is 9.92. The Morgan fingerprint density at radius 1 is 1.05 bits per heavy atom. The van der Waals surface area contributed by atoms with E-state index in [1.54, 1.807) is 6.92 Å². The van der Waals surface area contributed by atoms with Crippen molar-refractivity contribution in [2.24, 2.45) is 17.6 Å². The lowest BCUT2D eigenvalue weighted by Crippen LogP contribution is -2.61. The van der Waals surface area contributed by atoms with Crippen LogP contribution in [0.1, 0.15) is 52.9 Å². The highest BCUT2D eigenvalue weighted by Gasteiger charge is 2.41. The van der Waals surface area contributed by atoms with E-state index >= 15 is 0 Å². The molecule has 1 saturated heterocycles. The molecule has 2 rings (SSSR count). The Kier molecular flexibility index (Phi) is 5.84. The van der Waals surface area contributed by atoms with Crippen LogP contribution >= 0.6 is 0 Å². The van der Waals surface area contributed by atoms with Gasteiger partial charge in [0.1, 0.15) is 0 Å². The van der Waals surface area contributed by atoms with Crippen LogP contribution in [0.2, 0.25) is 0 Å². The molecule has 1 saturated carbocycles. The Bertz CT molecular complexity index is 413. The molecule has 0 aromatic rings. The molecule has 2 amide bonds. The molecule has 0 aromatic carbocycles. The molecule has 126 valence electrons. The summed E-state index contributed by atoms with van der Waals surface area (Å²) in [6.07, 6.45) is 4.95. The van der Waals surface area contributed by atoms with Crippen molar-refractivity contribution in [3.63, 3.8) is 0 Å². The van der Waals surface area contributed by atoms with Crippen molar-refractivity contribution in [1.82, 2.24) is 9.80 Å². The minimum Gasteiger partial charge on any atom is -0.336 e. The van der Waals surface area contributed by atoms with E-state index in [9.17, 15) is 9.59 Å². The van der Waals surface area contributed by atoms with Crippen molar-refractivity contribution in [2.45, 2.75) is 65.0 Å². The van der Waals surface area contributed by atoms with Gasteiger partial charge in [-0.25, -0.2) is 0 Å². The molecule has 2 aliphatic rings. The number of nitrogens with zero attached hydrogens (tertiary/aromatic N) is 2. The Morgan fingerprint density at radius 2 is 1.64 bits per heavy atom. The van der Waals surface area contributed by atoms with Gasteiger partial charge in [0.25, 0.3) is 0 Å². The van der Waals surface area contributed by atoms with Crippen LogP contribution in [0.15, 0.2) is 0 Å². The van der Waals surface area contributed by atoms with Crippen molar-refractivity contribution < 1.29 is 9.59 Å². The molecular formula is C17H31N3O2. The van der Waals surface area contributed by atoms with Crippen LogP contribution in [0.4, 0.5) is 0 Å². The number of carbonyl (C=O) groups excluding carboxylic acids is 2. The quantitative estimate of drug-likeness (QED) is 0.858. The molecule has 1 aliphatic carbocycles. The van der Waals surface area contributed by atoms with Gasteiger partial charge in [0.05, 0.1) is 0 Å². The molecule has 5 heteroatoms. The molecular weight excluding hydrogens is 278 g/mol. The van der Waals surface area contributed by atoms with Gasteiger partial charge in [0.2, 0.25) is 11.8 Å². The lowest BCUT2D eigenvalue weighted by molar-refractivity contribution is -0.149. The van der Waals surface area contributed by atoms with Crippen molar-refractivity contribution in [2.75, 3.05) is 19.6 Å². The summed E-state index contributed by atoms with van der Waals surface area (Å²) in [4.78, 5) is 28.9. The summed E-state index contributed by atoms with van der Waals surface area (Å²) in [6.45, 7) is 7.79. The van der Waals surface area contributed by atoms with Gasteiger partial charge >= 0.3 is 0 Å². The third-order valence-electron chi connectivity index (χ3n) is 5.61. The fraction of sp³-hybridized carbons (Fsp3) is 0.882. The summed E-state index contributed by atoms with van der Waals surface area (Å²) in [5.74, 6) is 0.843. The van der Waals surface area contributed by atoms with Gasteiger partial charge in [-0.2, -0.15) is 0 Å². The Hall–Kier alpha value is -1.10. The van der Waals surface area contributed by atoms with Crippen LogP contribution in [-0.4, -0.2) is 53.3 Å². The molecule has 0 bridgehead atoms. The van der Waals surface area contributed by atoms with Crippen LogP contribution in [0.3, 0.4) is 0 Å². The van der Waals surface area contributed by atoms with Crippen LogP contribution in [-0.2, 0) is 9.59 Å². The second-order valence-corrected chi connectivity index (χ2v) is 6.82. The zero-order chi connectivity index (χ0) is 16.3. The first-order valence-electron chi connectivity index (χ1n) is 8.81. The molecule has 0 aromatic heterocycles. The highest BCUT2D eigenvalue weighted by Crippen LogP contribution is 2.34. The first-order chi connectivity index (χ1) is 10.5.